The Morgan fingerprint density at radius 3 is 2.12 bits per heavy atom. The van der Waals surface area contributed by atoms with Crippen molar-refractivity contribution >= 4 is 17.6 Å². The number of nitrogens with one attached hydrogen (secondary N) is 2. The molecule has 2 rings (SSSR count). The largest absolute Gasteiger partial charge is 0.496 e. The number of halogens is 1. The number of rotatable bonds is 9. The predicted octanol–water partition coefficient (Wildman–Crippen LogP) is 3.28. The molecule has 0 spiro atoms. The van der Waals surface area contributed by atoms with Crippen molar-refractivity contribution in [3.63, 3.8) is 0 Å². The number of amides is 2. The van der Waals surface area contributed by atoms with Crippen LogP contribution in [0.1, 0.15) is 5.56 Å². The number of methoxy groups -OCH3 is 2. The molecule has 0 bridgehead atoms. The van der Waals surface area contributed by atoms with Crippen LogP contribution in [0.4, 0.5) is 4.79 Å². The summed E-state index contributed by atoms with van der Waals surface area (Å²) in [6, 6.07) is 12.6. The summed E-state index contributed by atoms with van der Waals surface area (Å²) in [5.74, 6) is 1.91. The van der Waals surface area contributed by atoms with E-state index in [1.165, 1.54) is 0 Å². The molecule has 2 aromatic carbocycles. The normalized spacial score (nSPS) is 10.1. The van der Waals surface area contributed by atoms with Crippen LogP contribution < -0.4 is 24.8 Å². The lowest BCUT2D eigenvalue weighted by molar-refractivity contribution is 0.236. The van der Waals surface area contributed by atoms with E-state index in [1.807, 2.05) is 24.3 Å². The molecule has 2 amide bonds. The van der Waals surface area contributed by atoms with Crippen LogP contribution in [0.3, 0.4) is 0 Å². The van der Waals surface area contributed by atoms with Crippen molar-refractivity contribution in [2.24, 2.45) is 0 Å². The summed E-state index contributed by atoms with van der Waals surface area (Å²) in [4.78, 5) is 11.8. The fourth-order valence-electron chi connectivity index (χ4n) is 2.23. The maximum atomic E-state index is 11.8. The smallest absolute Gasteiger partial charge is 0.314 e. The third kappa shape index (κ3) is 6.72. The van der Waals surface area contributed by atoms with Crippen molar-refractivity contribution in [1.29, 1.82) is 0 Å². The van der Waals surface area contributed by atoms with E-state index in [9.17, 15) is 4.79 Å². The number of hydrogen-bond donors (Lipinski definition) is 2. The van der Waals surface area contributed by atoms with Crippen LogP contribution in [0, 0.1) is 0 Å². The molecule has 26 heavy (non-hydrogen) atoms. The quantitative estimate of drug-likeness (QED) is 0.657. The van der Waals surface area contributed by atoms with Crippen molar-refractivity contribution in [1.82, 2.24) is 10.6 Å². The lowest BCUT2D eigenvalue weighted by Gasteiger charge is -2.11. The molecule has 0 unspecified atom stereocenters. The van der Waals surface area contributed by atoms with Crippen LogP contribution in [-0.4, -0.2) is 39.9 Å². The van der Waals surface area contributed by atoms with E-state index in [4.69, 9.17) is 25.8 Å². The summed E-state index contributed by atoms with van der Waals surface area (Å²) in [6.07, 6.45) is 0.741. The highest BCUT2D eigenvalue weighted by Crippen LogP contribution is 2.27. The topological polar surface area (TPSA) is 68.8 Å². The molecule has 0 aromatic heterocycles. The van der Waals surface area contributed by atoms with Crippen LogP contribution in [0.2, 0.25) is 5.02 Å². The molecule has 0 aliphatic heterocycles. The molecule has 2 N–H and O–H groups in total. The van der Waals surface area contributed by atoms with Gasteiger partial charge in [-0.1, -0.05) is 23.7 Å². The van der Waals surface area contributed by atoms with Gasteiger partial charge < -0.3 is 24.8 Å². The zero-order valence-corrected chi connectivity index (χ0v) is 15.6. The first-order valence-corrected chi connectivity index (χ1v) is 8.60. The second kappa shape index (κ2) is 10.4. The standard InChI is InChI=1S/C19H23ClN2O4/c1-24-16-11-17(25-2)13-18(12-16)26-10-9-22-19(23)21-8-7-14-3-5-15(20)6-4-14/h3-6,11-13H,7-10H2,1-2H3,(H2,21,22,23). The lowest BCUT2D eigenvalue weighted by Crippen LogP contribution is -2.38. The number of hydrogen-bond acceptors (Lipinski definition) is 4. The molecule has 2 aromatic rings. The van der Waals surface area contributed by atoms with E-state index in [1.54, 1.807) is 32.4 Å². The highest BCUT2D eigenvalue weighted by atomic mass is 35.5. The van der Waals surface area contributed by atoms with Gasteiger partial charge in [-0.15, -0.1) is 0 Å². The molecule has 0 fully saturated rings. The molecular weight excluding hydrogens is 356 g/mol. The summed E-state index contributed by atoms with van der Waals surface area (Å²) >= 11 is 5.84. The van der Waals surface area contributed by atoms with Crippen LogP contribution in [0.25, 0.3) is 0 Å². The van der Waals surface area contributed by atoms with Gasteiger partial charge in [0.05, 0.1) is 20.8 Å². The molecule has 0 atom stereocenters. The first-order valence-electron chi connectivity index (χ1n) is 8.22. The van der Waals surface area contributed by atoms with Crippen LogP contribution >= 0.6 is 11.6 Å². The molecular formula is C19H23ClN2O4. The zero-order chi connectivity index (χ0) is 18.8. The minimum Gasteiger partial charge on any atom is -0.496 e. The SMILES string of the molecule is COc1cc(OC)cc(OCCNC(=O)NCCc2ccc(Cl)cc2)c1. The van der Waals surface area contributed by atoms with Gasteiger partial charge in [-0.05, 0) is 24.1 Å². The van der Waals surface area contributed by atoms with Crippen molar-refractivity contribution in [3.05, 3.63) is 53.1 Å². The fraction of sp³-hybridized carbons (Fsp3) is 0.316. The summed E-state index contributed by atoms with van der Waals surface area (Å²) in [7, 11) is 3.16. The number of carbonyl (C=O) groups excluding carboxylic acids is 1. The predicted molar refractivity (Wildman–Crippen MR) is 102 cm³/mol. The highest BCUT2D eigenvalue weighted by molar-refractivity contribution is 6.30. The van der Waals surface area contributed by atoms with E-state index in [0.717, 1.165) is 12.0 Å². The van der Waals surface area contributed by atoms with Gasteiger partial charge in [-0.2, -0.15) is 0 Å². The molecule has 6 nitrogen and oxygen atoms in total. The minimum absolute atomic E-state index is 0.231. The Morgan fingerprint density at radius 1 is 0.923 bits per heavy atom. The Labute approximate surface area is 158 Å². The Bertz CT molecular complexity index is 685. The van der Waals surface area contributed by atoms with Crippen molar-refractivity contribution in [3.8, 4) is 17.2 Å². The van der Waals surface area contributed by atoms with Crippen molar-refractivity contribution < 1.29 is 19.0 Å². The van der Waals surface area contributed by atoms with Gasteiger partial charge >= 0.3 is 6.03 Å². The molecule has 7 heteroatoms. The molecule has 0 saturated heterocycles. The van der Waals surface area contributed by atoms with Crippen molar-refractivity contribution in [2.45, 2.75) is 6.42 Å². The van der Waals surface area contributed by atoms with E-state index in [0.29, 0.717) is 42.0 Å². The molecule has 0 radical (unpaired) electrons. The summed E-state index contributed by atoms with van der Waals surface area (Å²) in [6.45, 7) is 1.26. The van der Waals surface area contributed by atoms with Gasteiger partial charge in [-0.25, -0.2) is 4.79 Å². The Morgan fingerprint density at radius 2 is 1.50 bits per heavy atom. The second-order valence-corrected chi connectivity index (χ2v) is 5.89. The Balaban J connectivity index is 1.64. The Kier molecular flexibility index (Phi) is 7.89. The first kappa shape index (κ1) is 19.7. The number of ether oxygens (including phenoxy) is 3. The Hall–Kier alpha value is -2.60. The molecule has 0 saturated carbocycles. The third-order valence-electron chi connectivity index (χ3n) is 3.59. The van der Waals surface area contributed by atoms with E-state index in [2.05, 4.69) is 10.6 Å². The summed E-state index contributed by atoms with van der Waals surface area (Å²) < 4.78 is 16.0. The maximum Gasteiger partial charge on any atom is 0.314 e. The van der Waals surface area contributed by atoms with Crippen LogP contribution in [0.15, 0.2) is 42.5 Å². The molecule has 0 aliphatic carbocycles. The average molecular weight is 379 g/mol. The highest BCUT2D eigenvalue weighted by Gasteiger charge is 2.04. The number of carbonyl (C=O) groups is 1. The van der Waals surface area contributed by atoms with E-state index >= 15 is 0 Å². The van der Waals surface area contributed by atoms with Gasteiger partial charge in [0.1, 0.15) is 23.9 Å². The number of urea groups is 1. The fourth-order valence-corrected chi connectivity index (χ4v) is 2.36. The molecule has 140 valence electrons. The van der Waals surface area contributed by atoms with E-state index in [-0.39, 0.29) is 6.03 Å². The van der Waals surface area contributed by atoms with Crippen molar-refractivity contribution in [2.75, 3.05) is 33.9 Å². The molecule has 0 aliphatic rings. The summed E-state index contributed by atoms with van der Waals surface area (Å²) in [5, 5.41) is 6.25. The van der Waals surface area contributed by atoms with Gasteiger partial charge in [0, 0.05) is 29.8 Å². The minimum atomic E-state index is -0.231. The van der Waals surface area contributed by atoms with Gasteiger partial charge in [0.25, 0.3) is 0 Å². The van der Waals surface area contributed by atoms with Gasteiger partial charge in [0.2, 0.25) is 0 Å². The van der Waals surface area contributed by atoms with E-state index < -0.39 is 0 Å². The third-order valence-corrected chi connectivity index (χ3v) is 3.85. The lowest BCUT2D eigenvalue weighted by atomic mass is 10.1. The first-order chi connectivity index (χ1) is 12.6. The number of benzene rings is 2. The second-order valence-electron chi connectivity index (χ2n) is 5.46. The summed E-state index contributed by atoms with van der Waals surface area (Å²) in [5.41, 5.74) is 1.12. The van der Waals surface area contributed by atoms with Crippen LogP contribution in [0.5, 0.6) is 17.2 Å². The van der Waals surface area contributed by atoms with Gasteiger partial charge in [0.15, 0.2) is 0 Å². The molecule has 0 heterocycles. The van der Waals surface area contributed by atoms with Gasteiger partial charge in [-0.3, -0.25) is 0 Å². The maximum absolute atomic E-state index is 11.8. The van der Waals surface area contributed by atoms with Crippen LogP contribution in [-0.2, 0) is 6.42 Å². The zero-order valence-electron chi connectivity index (χ0n) is 14.9. The monoisotopic (exact) mass is 378 g/mol. The average Bonchev–Trinajstić information content (AvgIpc) is 2.66.